The van der Waals surface area contributed by atoms with Crippen LogP contribution in [-0.2, 0) is 0 Å². The number of anilines is 1. The summed E-state index contributed by atoms with van der Waals surface area (Å²) in [5, 5.41) is 17.8. The van der Waals surface area contributed by atoms with Crippen molar-refractivity contribution in [1.82, 2.24) is 20.6 Å². The highest BCUT2D eigenvalue weighted by atomic mass is 16.1. The van der Waals surface area contributed by atoms with Crippen LogP contribution in [-0.4, -0.2) is 28.4 Å². The molecule has 2 heterocycles. The molecule has 140 valence electrons. The minimum atomic E-state index is -0.173. The van der Waals surface area contributed by atoms with E-state index in [0.717, 1.165) is 35.2 Å². The lowest BCUT2D eigenvalue weighted by atomic mass is 10.1. The summed E-state index contributed by atoms with van der Waals surface area (Å²) < 4.78 is 0. The van der Waals surface area contributed by atoms with Crippen molar-refractivity contribution in [2.24, 2.45) is 0 Å². The van der Waals surface area contributed by atoms with Crippen molar-refractivity contribution in [3.8, 4) is 0 Å². The van der Waals surface area contributed by atoms with Gasteiger partial charge in [0.1, 0.15) is 5.65 Å². The van der Waals surface area contributed by atoms with Crippen LogP contribution >= 0.6 is 0 Å². The summed E-state index contributed by atoms with van der Waals surface area (Å²) in [6, 6.07) is 11.0. The molecule has 7 nitrogen and oxygen atoms in total. The normalized spacial score (nSPS) is 11.8. The maximum absolute atomic E-state index is 12.6. The average Bonchev–Trinajstić information content (AvgIpc) is 3.16. The van der Waals surface area contributed by atoms with Crippen LogP contribution in [0, 0.1) is 5.41 Å². The van der Waals surface area contributed by atoms with Gasteiger partial charge >= 0.3 is 0 Å². The number of benzene rings is 1. The molecule has 0 bridgehead atoms. The van der Waals surface area contributed by atoms with Crippen LogP contribution in [0.4, 0.5) is 5.69 Å². The molecule has 3 aromatic rings. The van der Waals surface area contributed by atoms with Gasteiger partial charge in [0, 0.05) is 29.9 Å². The minimum Gasteiger partial charge on any atom is -0.357 e. The molecule has 1 amide bonds. The van der Waals surface area contributed by atoms with E-state index in [1.807, 2.05) is 25.1 Å². The van der Waals surface area contributed by atoms with Gasteiger partial charge in [0.05, 0.1) is 11.7 Å². The predicted octanol–water partition coefficient (Wildman–Crippen LogP) is 3.40. The van der Waals surface area contributed by atoms with Gasteiger partial charge in [-0.15, -0.1) is 0 Å². The summed E-state index contributed by atoms with van der Waals surface area (Å²) in [5.41, 5.74) is 3.04. The first kappa shape index (κ1) is 18.4. The lowest BCUT2D eigenvalue weighted by molar-refractivity contribution is 0.102. The zero-order chi connectivity index (χ0) is 19.2. The lowest BCUT2D eigenvalue weighted by Gasteiger charge is -2.17. The van der Waals surface area contributed by atoms with Crippen molar-refractivity contribution in [3.63, 3.8) is 0 Å². The van der Waals surface area contributed by atoms with Gasteiger partial charge in [0.15, 0.2) is 5.96 Å². The van der Waals surface area contributed by atoms with E-state index in [-0.39, 0.29) is 11.9 Å². The number of pyridine rings is 1. The zero-order valence-electron chi connectivity index (χ0n) is 15.5. The summed E-state index contributed by atoms with van der Waals surface area (Å²) >= 11 is 0. The SMILES string of the molecule is CCCNC(=N)N[C@H](C)c1ccc(C(=O)Nc2ccnc3[nH]ccc23)cc1. The molecule has 0 saturated carbocycles. The molecule has 2 aromatic heterocycles. The molecule has 0 saturated heterocycles. The van der Waals surface area contributed by atoms with Gasteiger partial charge in [-0.25, -0.2) is 4.98 Å². The van der Waals surface area contributed by atoms with Crippen LogP contribution in [0.25, 0.3) is 11.0 Å². The van der Waals surface area contributed by atoms with Crippen molar-refractivity contribution < 1.29 is 4.79 Å². The van der Waals surface area contributed by atoms with Gasteiger partial charge in [0.25, 0.3) is 5.91 Å². The van der Waals surface area contributed by atoms with E-state index in [4.69, 9.17) is 5.41 Å². The third-order valence-electron chi connectivity index (χ3n) is 4.29. The van der Waals surface area contributed by atoms with Crippen LogP contribution in [0.1, 0.15) is 42.2 Å². The van der Waals surface area contributed by atoms with Gasteiger partial charge in [-0.3, -0.25) is 10.2 Å². The third kappa shape index (κ3) is 4.44. The van der Waals surface area contributed by atoms with Gasteiger partial charge in [-0.1, -0.05) is 19.1 Å². The second-order valence-electron chi connectivity index (χ2n) is 6.34. The Morgan fingerprint density at radius 3 is 2.74 bits per heavy atom. The molecule has 0 fully saturated rings. The molecule has 0 unspecified atom stereocenters. The molecule has 1 aromatic carbocycles. The molecule has 5 N–H and O–H groups in total. The molecule has 1 atom stereocenters. The zero-order valence-corrected chi connectivity index (χ0v) is 15.5. The number of hydrogen-bond donors (Lipinski definition) is 5. The highest BCUT2D eigenvalue weighted by molar-refractivity contribution is 6.08. The number of guanidine groups is 1. The van der Waals surface area contributed by atoms with Crippen molar-refractivity contribution in [2.75, 3.05) is 11.9 Å². The van der Waals surface area contributed by atoms with Crippen molar-refractivity contribution in [3.05, 3.63) is 59.9 Å². The molecule has 27 heavy (non-hydrogen) atoms. The Hall–Kier alpha value is -3.35. The van der Waals surface area contributed by atoms with Crippen molar-refractivity contribution in [1.29, 1.82) is 5.41 Å². The van der Waals surface area contributed by atoms with Crippen molar-refractivity contribution >= 4 is 28.6 Å². The molecule has 0 aliphatic rings. The van der Waals surface area contributed by atoms with Crippen LogP contribution in [0.15, 0.2) is 48.8 Å². The molecular weight excluding hydrogens is 340 g/mol. The van der Waals surface area contributed by atoms with Gasteiger partial charge in [-0.2, -0.15) is 0 Å². The Balaban J connectivity index is 1.65. The average molecular weight is 364 g/mol. The predicted molar refractivity (Wildman–Crippen MR) is 108 cm³/mol. The fraction of sp³-hybridized carbons (Fsp3) is 0.250. The van der Waals surface area contributed by atoms with E-state index in [2.05, 4.69) is 32.8 Å². The number of nitrogens with zero attached hydrogens (tertiary/aromatic N) is 1. The van der Waals surface area contributed by atoms with E-state index >= 15 is 0 Å². The van der Waals surface area contributed by atoms with Gasteiger partial charge in [-0.05, 0) is 43.2 Å². The van der Waals surface area contributed by atoms with Crippen LogP contribution in [0.2, 0.25) is 0 Å². The number of aromatic nitrogens is 2. The second kappa shape index (κ2) is 8.35. The number of carbonyl (C=O) groups is 1. The maximum atomic E-state index is 12.6. The number of H-pyrrole nitrogens is 1. The van der Waals surface area contributed by atoms with E-state index in [0.29, 0.717) is 11.5 Å². The topological polar surface area (TPSA) is 106 Å². The fourth-order valence-corrected chi connectivity index (χ4v) is 2.79. The Labute approximate surface area is 158 Å². The Bertz CT molecular complexity index is 931. The largest absolute Gasteiger partial charge is 0.357 e. The van der Waals surface area contributed by atoms with Crippen LogP contribution in [0.3, 0.4) is 0 Å². The highest BCUT2D eigenvalue weighted by Gasteiger charge is 2.11. The molecule has 0 aliphatic carbocycles. The first-order valence-electron chi connectivity index (χ1n) is 9.01. The van der Waals surface area contributed by atoms with Crippen LogP contribution in [0.5, 0.6) is 0 Å². The van der Waals surface area contributed by atoms with Gasteiger partial charge < -0.3 is 20.9 Å². The molecular formula is C20H24N6O. The summed E-state index contributed by atoms with van der Waals surface area (Å²) in [6.07, 6.45) is 4.42. The fourth-order valence-electron chi connectivity index (χ4n) is 2.79. The Morgan fingerprint density at radius 1 is 1.22 bits per heavy atom. The summed E-state index contributed by atoms with van der Waals surface area (Å²) in [4.78, 5) is 19.8. The third-order valence-corrected chi connectivity index (χ3v) is 4.29. The second-order valence-corrected chi connectivity index (χ2v) is 6.34. The number of amides is 1. The van der Waals surface area contributed by atoms with Gasteiger partial charge in [0.2, 0.25) is 0 Å². The molecule has 0 radical (unpaired) electrons. The number of carbonyl (C=O) groups excluding carboxylic acids is 1. The Kier molecular flexibility index (Phi) is 5.71. The van der Waals surface area contributed by atoms with Crippen LogP contribution < -0.4 is 16.0 Å². The number of nitrogens with one attached hydrogen (secondary N) is 5. The molecule has 0 spiro atoms. The van der Waals surface area contributed by atoms with Crippen molar-refractivity contribution in [2.45, 2.75) is 26.3 Å². The number of aromatic amines is 1. The summed E-state index contributed by atoms with van der Waals surface area (Å²) in [6.45, 7) is 4.80. The first-order chi connectivity index (χ1) is 13.1. The highest BCUT2D eigenvalue weighted by Crippen LogP contribution is 2.21. The van der Waals surface area contributed by atoms with E-state index in [1.54, 1.807) is 30.6 Å². The Morgan fingerprint density at radius 2 is 2.00 bits per heavy atom. The number of fused-ring (bicyclic) bond motifs is 1. The summed E-state index contributed by atoms with van der Waals surface area (Å²) in [7, 11) is 0. The number of rotatable bonds is 6. The quantitative estimate of drug-likeness (QED) is 0.341. The van der Waals surface area contributed by atoms with E-state index in [1.165, 1.54) is 0 Å². The monoisotopic (exact) mass is 364 g/mol. The molecule has 3 rings (SSSR count). The smallest absolute Gasteiger partial charge is 0.255 e. The standard InChI is InChI=1S/C20H24N6O/c1-3-10-24-20(21)25-13(2)14-4-6-15(7-5-14)19(27)26-17-9-12-23-18-16(17)8-11-22-18/h4-9,11-13H,3,10H2,1-2H3,(H3,21,24,25)(H2,22,23,26,27)/t13-/m1/s1. The first-order valence-corrected chi connectivity index (χ1v) is 9.01. The lowest BCUT2D eigenvalue weighted by Crippen LogP contribution is -2.38. The molecule has 0 aliphatic heterocycles. The molecule has 7 heteroatoms. The van der Waals surface area contributed by atoms with E-state index < -0.39 is 0 Å². The van der Waals surface area contributed by atoms with E-state index in [9.17, 15) is 4.79 Å². The maximum Gasteiger partial charge on any atom is 0.255 e. The number of hydrogen-bond acceptors (Lipinski definition) is 3. The minimum absolute atomic E-state index is 0.0290. The summed E-state index contributed by atoms with van der Waals surface area (Å²) in [5.74, 6) is 0.132.